The molecular weight excluding hydrogens is 328 g/mol. The van der Waals surface area contributed by atoms with Crippen LogP contribution >= 0.6 is 0 Å². The highest BCUT2D eigenvalue weighted by molar-refractivity contribution is 5.88. The highest BCUT2D eigenvalue weighted by Gasteiger charge is 2.17. The van der Waals surface area contributed by atoms with Crippen molar-refractivity contribution < 1.29 is 17.6 Å². The van der Waals surface area contributed by atoms with Gasteiger partial charge < -0.3 is 0 Å². The maximum Gasteiger partial charge on any atom is 0.195 e. The smallest absolute Gasteiger partial charge is 0.195 e. The van der Waals surface area contributed by atoms with Crippen LogP contribution in [0, 0.1) is 23.3 Å². The number of halogens is 4. The molecule has 0 aliphatic rings. The molecule has 0 bridgehead atoms. The molecule has 0 radical (unpaired) electrons. The SMILES string of the molecule is CCCCCc1ccc(-c2cc(F)c3c(F)c(F)c(F)cc3c2)cc1. The molecule has 3 aromatic rings. The molecule has 0 aliphatic heterocycles. The first-order valence-corrected chi connectivity index (χ1v) is 8.37. The summed E-state index contributed by atoms with van der Waals surface area (Å²) in [5, 5.41) is -0.530. The molecule has 0 aromatic heterocycles. The Balaban J connectivity index is 1.98. The highest BCUT2D eigenvalue weighted by atomic mass is 19.2. The summed E-state index contributed by atoms with van der Waals surface area (Å²) in [5.41, 5.74) is 2.43. The van der Waals surface area contributed by atoms with E-state index in [9.17, 15) is 17.6 Å². The molecule has 3 rings (SSSR count). The summed E-state index contributed by atoms with van der Waals surface area (Å²) < 4.78 is 54.8. The lowest BCUT2D eigenvalue weighted by atomic mass is 9.98. The van der Waals surface area contributed by atoms with E-state index in [-0.39, 0.29) is 5.39 Å². The Morgan fingerprint density at radius 1 is 0.720 bits per heavy atom. The van der Waals surface area contributed by atoms with E-state index >= 15 is 0 Å². The molecule has 3 aromatic carbocycles. The van der Waals surface area contributed by atoms with Crippen LogP contribution in [-0.2, 0) is 6.42 Å². The fourth-order valence-electron chi connectivity index (χ4n) is 3.00. The second-order valence-electron chi connectivity index (χ2n) is 6.20. The third-order valence-corrected chi connectivity index (χ3v) is 4.38. The van der Waals surface area contributed by atoms with Crippen molar-refractivity contribution in [2.45, 2.75) is 32.6 Å². The average Bonchev–Trinajstić information content (AvgIpc) is 2.60. The molecule has 25 heavy (non-hydrogen) atoms. The molecule has 0 atom stereocenters. The van der Waals surface area contributed by atoms with Gasteiger partial charge in [-0.2, -0.15) is 0 Å². The predicted octanol–water partition coefficient (Wildman–Crippen LogP) is 6.80. The summed E-state index contributed by atoms with van der Waals surface area (Å²) in [5.74, 6) is -5.38. The summed E-state index contributed by atoms with van der Waals surface area (Å²) in [6, 6.07) is 11.1. The normalized spacial score (nSPS) is 11.2. The summed E-state index contributed by atoms with van der Waals surface area (Å²) >= 11 is 0. The number of hydrogen-bond acceptors (Lipinski definition) is 0. The molecule has 0 fully saturated rings. The van der Waals surface area contributed by atoms with E-state index in [2.05, 4.69) is 6.92 Å². The monoisotopic (exact) mass is 346 g/mol. The van der Waals surface area contributed by atoms with E-state index in [4.69, 9.17) is 0 Å². The van der Waals surface area contributed by atoms with Crippen LogP contribution < -0.4 is 0 Å². The van der Waals surface area contributed by atoms with Crippen molar-refractivity contribution in [3.63, 3.8) is 0 Å². The van der Waals surface area contributed by atoms with Crippen molar-refractivity contribution in [1.82, 2.24) is 0 Å². The number of fused-ring (bicyclic) bond motifs is 1. The zero-order chi connectivity index (χ0) is 18.0. The van der Waals surface area contributed by atoms with Gasteiger partial charge in [0.05, 0.1) is 5.39 Å². The largest absolute Gasteiger partial charge is 0.206 e. The maximum atomic E-state index is 14.3. The van der Waals surface area contributed by atoms with Gasteiger partial charge in [-0.1, -0.05) is 44.0 Å². The van der Waals surface area contributed by atoms with Gasteiger partial charge >= 0.3 is 0 Å². The lowest BCUT2D eigenvalue weighted by molar-refractivity contribution is 0.451. The Morgan fingerprint density at radius 2 is 1.44 bits per heavy atom. The first kappa shape index (κ1) is 17.5. The van der Waals surface area contributed by atoms with Crippen LogP contribution in [0.25, 0.3) is 21.9 Å². The van der Waals surface area contributed by atoms with Crippen molar-refractivity contribution >= 4 is 10.8 Å². The molecule has 4 heteroatoms. The van der Waals surface area contributed by atoms with Gasteiger partial charge in [0.1, 0.15) is 5.82 Å². The number of benzene rings is 3. The van der Waals surface area contributed by atoms with Gasteiger partial charge in [0.2, 0.25) is 0 Å². The standard InChI is InChI=1S/C21H18F4/c1-2-3-4-5-13-6-8-14(9-7-13)15-10-16-12-18(23)20(24)21(25)19(16)17(22)11-15/h6-12H,2-5H2,1H3. The molecule has 0 amide bonds. The first-order chi connectivity index (χ1) is 12.0. The van der Waals surface area contributed by atoms with Crippen LogP contribution in [-0.4, -0.2) is 0 Å². The number of aryl methyl sites for hydroxylation is 1. The second-order valence-corrected chi connectivity index (χ2v) is 6.20. The quantitative estimate of drug-likeness (QED) is 0.271. The molecule has 0 unspecified atom stereocenters. The van der Waals surface area contributed by atoms with Crippen LogP contribution in [0.3, 0.4) is 0 Å². The minimum Gasteiger partial charge on any atom is -0.206 e. The van der Waals surface area contributed by atoms with Crippen LogP contribution in [0.15, 0.2) is 42.5 Å². The van der Waals surface area contributed by atoms with Crippen LogP contribution in [0.5, 0.6) is 0 Å². The molecule has 0 heterocycles. The fourth-order valence-corrected chi connectivity index (χ4v) is 3.00. The molecule has 0 aliphatic carbocycles. The fraction of sp³-hybridized carbons (Fsp3) is 0.238. The average molecular weight is 346 g/mol. The van der Waals surface area contributed by atoms with Crippen LogP contribution in [0.2, 0.25) is 0 Å². The van der Waals surface area contributed by atoms with Crippen LogP contribution in [0.4, 0.5) is 17.6 Å². The molecule has 0 saturated heterocycles. The topological polar surface area (TPSA) is 0 Å². The molecule has 0 saturated carbocycles. The van der Waals surface area contributed by atoms with Crippen molar-refractivity contribution in [1.29, 1.82) is 0 Å². The molecule has 0 N–H and O–H groups in total. The second kappa shape index (κ2) is 7.26. The Kier molecular flexibility index (Phi) is 5.07. The third kappa shape index (κ3) is 3.53. The van der Waals surface area contributed by atoms with Gasteiger partial charge in [-0.15, -0.1) is 0 Å². The molecule has 0 nitrogen and oxygen atoms in total. The maximum absolute atomic E-state index is 14.3. The van der Waals surface area contributed by atoms with E-state index < -0.39 is 28.7 Å². The van der Waals surface area contributed by atoms with E-state index in [0.717, 1.165) is 37.0 Å². The van der Waals surface area contributed by atoms with E-state index in [1.807, 2.05) is 24.3 Å². The number of rotatable bonds is 5. The first-order valence-electron chi connectivity index (χ1n) is 8.37. The van der Waals surface area contributed by atoms with Crippen molar-refractivity contribution in [2.24, 2.45) is 0 Å². The Hall–Kier alpha value is -2.36. The van der Waals surface area contributed by atoms with Gasteiger partial charge in [0.15, 0.2) is 17.5 Å². The van der Waals surface area contributed by atoms with Gasteiger partial charge in [0, 0.05) is 0 Å². The third-order valence-electron chi connectivity index (χ3n) is 4.38. The summed E-state index contributed by atoms with van der Waals surface area (Å²) in [7, 11) is 0. The zero-order valence-electron chi connectivity index (χ0n) is 13.9. The van der Waals surface area contributed by atoms with Gasteiger partial charge in [-0.3, -0.25) is 0 Å². The lowest BCUT2D eigenvalue weighted by Crippen LogP contribution is -1.95. The van der Waals surface area contributed by atoms with Gasteiger partial charge in [-0.25, -0.2) is 17.6 Å². The van der Waals surface area contributed by atoms with Crippen LogP contribution in [0.1, 0.15) is 31.7 Å². The van der Waals surface area contributed by atoms with E-state index in [0.29, 0.717) is 5.56 Å². The summed E-state index contributed by atoms with van der Waals surface area (Å²) in [6.07, 6.45) is 4.42. The molecule has 130 valence electrons. The Morgan fingerprint density at radius 3 is 2.12 bits per heavy atom. The van der Waals surface area contributed by atoms with Gasteiger partial charge in [-0.05, 0) is 53.1 Å². The van der Waals surface area contributed by atoms with Gasteiger partial charge in [0.25, 0.3) is 0 Å². The van der Waals surface area contributed by atoms with Crippen molar-refractivity contribution in [3.05, 3.63) is 71.3 Å². The zero-order valence-corrected chi connectivity index (χ0v) is 13.9. The Bertz CT molecular complexity index is 898. The molecular formula is C21H18F4. The number of hydrogen-bond donors (Lipinski definition) is 0. The minimum atomic E-state index is -1.66. The van der Waals surface area contributed by atoms with Crippen molar-refractivity contribution in [3.8, 4) is 11.1 Å². The minimum absolute atomic E-state index is 0.00146. The summed E-state index contributed by atoms with van der Waals surface area (Å²) in [4.78, 5) is 0. The predicted molar refractivity (Wildman–Crippen MR) is 92.4 cm³/mol. The Labute approximate surface area is 144 Å². The van der Waals surface area contributed by atoms with E-state index in [1.54, 1.807) is 0 Å². The van der Waals surface area contributed by atoms with E-state index in [1.165, 1.54) is 18.1 Å². The molecule has 0 spiro atoms. The highest BCUT2D eigenvalue weighted by Crippen LogP contribution is 2.31. The summed E-state index contributed by atoms with van der Waals surface area (Å²) in [6.45, 7) is 2.15. The lowest BCUT2D eigenvalue weighted by Gasteiger charge is -2.09. The number of unbranched alkanes of at least 4 members (excludes halogenated alkanes) is 2. The van der Waals surface area contributed by atoms with Crippen molar-refractivity contribution in [2.75, 3.05) is 0 Å².